The molecule has 2 aliphatic carbocycles. The van der Waals surface area contributed by atoms with Crippen molar-refractivity contribution in [2.75, 3.05) is 7.11 Å². The van der Waals surface area contributed by atoms with E-state index >= 15 is 0 Å². The van der Waals surface area contributed by atoms with Crippen LogP contribution >= 0.6 is 0 Å². The van der Waals surface area contributed by atoms with E-state index < -0.39 is 20.7 Å². The quantitative estimate of drug-likeness (QED) is 0.774. The van der Waals surface area contributed by atoms with E-state index in [1.165, 1.54) is 17.3 Å². The number of nitrogens with zero attached hydrogens (tertiary/aromatic N) is 1. The average molecular weight is 416 g/mol. The van der Waals surface area contributed by atoms with Gasteiger partial charge in [0.1, 0.15) is 4.75 Å². The maximum atomic E-state index is 13.6. The van der Waals surface area contributed by atoms with Gasteiger partial charge in [0.25, 0.3) is 0 Å². The molecule has 4 rings (SSSR count). The number of fused-ring (bicyclic) bond motifs is 1. The molecule has 1 fully saturated rings. The van der Waals surface area contributed by atoms with E-state index in [1.54, 1.807) is 37.3 Å². The predicted octanol–water partition coefficient (Wildman–Crippen LogP) is 3.41. The Labute approximate surface area is 170 Å². The first-order valence-electron chi connectivity index (χ1n) is 9.78. The topological polar surface area (TPSA) is 85.6 Å². The molecule has 2 aliphatic rings. The number of allylic oxidation sites excluding steroid dienone is 3. The van der Waals surface area contributed by atoms with Gasteiger partial charge in [-0.05, 0) is 56.2 Å². The van der Waals surface area contributed by atoms with Gasteiger partial charge >= 0.3 is 5.97 Å². The number of methoxy groups -OCH3 is 1. The van der Waals surface area contributed by atoms with Crippen molar-refractivity contribution in [3.8, 4) is 0 Å². The predicted molar refractivity (Wildman–Crippen MR) is 111 cm³/mol. The zero-order chi connectivity index (χ0) is 20.8. The van der Waals surface area contributed by atoms with Crippen LogP contribution in [0, 0.1) is 5.92 Å². The highest BCUT2D eigenvalue weighted by molar-refractivity contribution is 7.91. The molecule has 1 unspecified atom stereocenters. The maximum absolute atomic E-state index is 13.6. The number of carbonyl (C=O) groups is 1. The SMILES string of the molecule is COC(=O)c1cccc2ccn(S(=O)(=O)C3(C)C=CC([C@@H]4CC[C@H](O)C4)=CC3)c12. The highest BCUT2D eigenvalue weighted by atomic mass is 32.2. The summed E-state index contributed by atoms with van der Waals surface area (Å²) < 4.78 is 32.1. The van der Waals surface area contributed by atoms with Crippen LogP contribution in [0.1, 0.15) is 43.0 Å². The second-order valence-electron chi connectivity index (χ2n) is 8.07. The first-order valence-corrected chi connectivity index (χ1v) is 11.2. The lowest BCUT2D eigenvalue weighted by molar-refractivity contribution is 0.0602. The summed E-state index contributed by atoms with van der Waals surface area (Å²) >= 11 is 0. The molecule has 0 bridgehead atoms. The van der Waals surface area contributed by atoms with Crippen molar-refractivity contribution >= 4 is 26.9 Å². The number of ether oxygens (including phenoxy) is 1. The minimum Gasteiger partial charge on any atom is -0.465 e. The largest absolute Gasteiger partial charge is 0.465 e. The van der Waals surface area contributed by atoms with E-state index in [0.717, 1.165) is 24.8 Å². The second kappa shape index (κ2) is 7.15. The zero-order valence-corrected chi connectivity index (χ0v) is 17.4. The Morgan fingerprint density at radius 2 is 2.07 bits per heavy atom. The van der Waals surface area contributed by atoms with E-state index in [-0.39, 0.29) is 17.6 Å². The van der Waals surface area contributed by atoms with Crippen molar-refractivity contribution in [2.24, 2.45) is 5.92 Å². The number of aliphatic hydroxyl groups is 1. The highest BCUT2D eigenvalue weighted by Gasteiger charge is 2.40. The lowest BCUT2D eigenvalue weighted by atomic mass is 9.89. The van der Waals surface area contributed by atoms with Crippen LogP contribution in [0.3, 0.4) is 0 Å². The van der Waals surface area contributed by atoms with Crippen LogP contribution in [0.15, 0.2) is 54.3 Å². The molecule has 0 spiro atoms. The van der Waals surface area contributed by atoms with Crippen LogP contribution in [0.2, 0.25) is 0 Å². The Hall–Kier alpha value is -2.38. The summed E-state index contributed by atoms with van der Waals surface area (Å²) in [4.78, 5) is 12.2. The molecule has 1 saturated carbocycles. The highest BCUT2D eigenvalue weighted by Crippen LogP contribution is 2.39. The molecule has 3 atom stereocenters. The van der Waals surface area contributed by atoms with E-state index in [0.29, 0.717) is 17.3 Å². The van der Waals surface area contributed by atoms with Crippen molar-refractivity contribution in [3.05, 3.63) is 59.8 Å². The molecule has 0 amide bonds. The number of rotatable bonds is 4. The molecule has 2 aromatic rings. The standard InChI is InChI=1S/C22H25NO5S/c1-22(11-8-15(9-12-22)17-6-7-18(24)14-17)29(26,27)23-13-10-16-4-3-5-19(20(16)23)21(25)28-2/h3-5,8-11,13,17-18,24H,6-7,12,14H2,1-2H3/t17-,18+,22?/m1/s1. The molecular formula is C22H25NO5S. The molecule has 1 aromatic carbocycles. The fraction of sp³-hybridized carbons (Fsp3) is 0.409. The fourth-order valence-corrected chi connectivity index (χ4v) is 6.00. The molecule has 0 saturated heterocycles. The van der Waals surface area contributed by atoms with E-state index in [4.69, 9.17) is 4.74 Å². The van der Waals surface area contributed by atoms with Gasteiger partial charge in [0.15, 0.2) is 0 Å². The van der Waals surface area contributed by atoms with Gasteiger partial charge in [-0.15, -0.1) is 0 Å². The number of para-hydroxylation sites is 1. The van der Waals surface area contributed by atoms with Gasteiger partial charge in [0, 0.05) is 11.6 Å². The van der Waals surface area contributed by atoms with Crippen LogP contribution in [0.5, 0.6) is 0 Å². The molecule has 6 nitrogen and oxygen atoms in total. The van der Waals surface area contributed by atoms with Crippen LogP contribution < -0.4 is 0 Å². The van der Waals surface area contributed by atoms with Crippen molar-refractivity contribution in [1.29, 1.82) is 0 Å². The summed E-state index contributed by atoms with van der Waals surface area (Å²) in [6.45, 7) is 1.70. The van der Waals surface area contributed by atoms with Gasteiger partial charge in [-0.25, -0.2) is 17.2 Å². The molecule has 154 valence electrons. The Morgan fingerprint density at radius 1 is 1.28 bits per heavy atom. The first kappa shape index (κ1) is 19.9. The van der Waals surface area contributed by atoms with Gasteiger partial charge in [-0.3, -0.25) is 0 Å². The van der Waals surface area contributed by atoms with Gasteiger partial charge in [0.05, 0.1) is 24.3 Å². The number of benzene rings is 1. The number of esters is 1. The zero-order valence-electron chi connectivity index (χ0n) is 16.5. The molecular weight excluding hydrogens is 390 g/mol. The third-order valence-electron chi connectivity index (χ3n) is 6.18. The number of carbonyl (C=O) groups excluding carboxylic acids is 1. The second-order valence-corrected chi connectivity index (χ2v) is 10.3. The third kappa shape index (κ3) is 3.22. The molecule has 29 heavy (non-hydrogen) atoms. The number of aliphatic hydroxyl groups excluding tert-OH is 1. The molecule has 1 aromatic heterocycles. The van der Waals surface area contributed by atoms with Crippen LogP contribution in [-0.2, 0) is 14.8 Å². The van der Waals surface area contributed by atoms with E-state index in [1.807, 2.05) is 12.2 Å². The normalized spacial score (nSPS) is 27.2. The van der Waals surface area contributed by atoms with Crippen molar-refractivity contribution in [3.63, 3.8) is 0 Å². The Kier molecular flexibility index (Phi) is 4.91. The Bertz CT molecular complexity index is 1130. The van der Waals surface area contributed by atoms with E-state index in [2.05, 4.69) is 0 Å². The minimum absolute atomic E-state index is 0.220. The molecule has 1 heterocycles. The Morgan fingerprint density at radius 3 is 2.69 bits per heavy atom. The monoisotopic (exact) mass is 415 g/mol. The lowest BCUT2D eigenvalue weighted by Gasteiger charge is -2.30. The van der Waals surface area contributed by atoms with Crippen molar-refractivity contribution in [2.45, 2.75) is 43.5 Å². The van der Waals surface area contributed by atoms with Crippen molar-refractivity contribution < 1.29 is 23.1 Å². The molecule has 0 aliphatic heterocycles. The summed E-state index contributed by atoms with van der Waals surface area (Å²) in [5, 5.41) is 10.5. The molecule has 7 heteroatoms. The van der Waals surface area contributed by atoms with Gasteiger partial charge in [-0.2, -0.15) is 0 Å². The van der Waals surface area contributed by atoms with Crippen LogP contribution in [0.4, 0.5) is 0 Å². The summed E-state index contributed by atoms with van der Waals surface area (Å²) in [5.41, 5.74) is 1.66. The van der Waals surface area contributed by atoms with E-state index in [9.17, 15) is 18.3 Å². The van der Waals surface area contributed by atoms with Crippen molar-refractivity contribution in [1.82, 2.24) is 3.97 Å². The van der Waals surface area contributed by atoms with Gasteiger partial charge < -0.3 is 9.84 Å². The van der Waals surface area contributed by atoms with Gasteiger partial charge in [0.2, 0.25) is 10.0 Å². The van der Waals surface area contributed by atoms with Crippen LogP contribution in [0.25, 0.3) is 10.9 Å². The fourth-order valence-electron chi connectivity index (χ4n) is 4.35. The smallest absolute Gasteiger partial charge is 0.340 e. The maximum Gasteiger partial charge on any atom is 0.340 e. The summed E-state index contributed by atoms with van der Waals surface area (Å²) in [6, 6.07) is 6.74. The number of hydrogen-bond acceptors (Lipinski definition) is 5. The molecule has 1 N–H and O–H groups in total. The van der Waals surface area contributed by atoms with Gasteiger partial charge in [-0.1, -0.05) is 30.4 Å². The third-order valence-corrected chi connectivity index (χ3v) is 8.48. The molecule has 0 radical (unpaired) electrons. The first-order chi connectivity index (χ1) is 13.8. The summed E-state index contributed by atoms with van der Waals surface area (Å²) in [7, 11) is -2.56. The minimum atomic E-state index is -3.84. The lowest BCUT2D eigenvalue weighted by Crippen LogP contribution is -2.38. The summed E-state index contributed by atoms with van der Waals surface area (Å²) in [5.74, 6) is -0.288. The summed E-state index contributed by atoms with van der Waals surface area (Å²) in [6.07, 6.45) is 9.62. The van der Waals surface area contributed by atoms with Crippen LogP contribution in [-0.4, -0.2) is 41.4 Å². The average Bonchev–Trinajstić information content (AvgIpc) is 3.34. The Balaban J connectivity index is 1.72. The number of aromatic nitrogens is 1. The number of hydrogen-bond donors (Lipinski definition) is 1.